The van der Waals surface area contributed by atoms with Crippen molar-refractivity contribution in [3.05, 3.63) is 83.6 Å². The van der Waals surface area contributed by atoms with E-state index in [0.29, 0.717) is 36.0 Å². The van der Waals surface area contributed by atoms with E-state index >= 15 is 0 Å². The van der Waals surface area contributed by atoms with Crippen LogP contribution in [0.1, 0.15) is 27.6 Å². The van der Waals surface area contributed by atoms with Gasteiger partial charge in [-0.2, -0.15) is 10.1 Å². The summed E-state index contributed by atoms with van der Waals surface area (Å²) in [6.45, 7) is 2.67. The molecule has 0 fully saturated rings. The zero-order valence-electron chi connectivity index (χ0n) is 17.4. The number of carbonyl (C=O) groups is 1. The standard InChI is InChI=1S/C23H23N5O3/c1-16-8-10-18(11-9-16)28-15-19(22(26-28)17-6-4-3-5-7-17)23(29)24-14-20-25-21(31-27-20)12-13-30-2/h3-11,15H,12-14H2,1-2H3,(H,24,29). The predicted molar refractivity (Wildman–Crippen MR) is 115 cm³/mol. The lowest BCUT2D eigenvalue weighted by Gasteiger charge is -2.03. The molecule has 1 amide bonds. The molecule has 8 heteroatoms. The monoisotopic (exact) mass is 417 g/mol. The van der Waals surface area contributed by atoms with Gasteiger partial charge >= 0.3 is 0 Å². The van der Waals surface area contributed by atoms with Crippen LogP contribution in [0.15, 0.2) is 65.3 Å². The van der Waals surface area contributed by atoms with E-state index < -0.39 is 0 Å². The Hall–Kier alpha value is -3.78. The fourth-order valence-electron chi connectivity index (χ4n) is 3.09. The third-order valence-electron chi connectivity index (χ3n) is 4.74. The summed E-state index contributed by atoms with van der Waals surface area (Å²) >= 11 is 0. The number of hydrogen-bond donors (Lipinski definition) is 1. The third-order valence-corrected chi connectivity index (χ3v) is 4.74. The Labute approximate surface area is 179 Å². The van der Waals surface area contributed by atoms with Gasteiger partial charge in [0.1, 0.15) is 5.69 Å². The molecule has 0 aliphatic carbocycles. The van der Waals surface area contributed by atoms with Crippen molar-refractivity contribution in [3.8, 4) is 16.9 Å². The molecule has 2 aromatic carbocycles. The minimum absolute atomic E-state index is 0.152. The molecule has 31 heavy (non-hydrogen) atoms. The summed E-state index contributed by atoms with van der Waals surface area (Å²) in [6.07, 6.45) is 2.27. The van der Waals surface area contributed by atoms with Gasteiger partial charge in [-0.1, -0.05) is 53.2 Å². The predicted octanol–water partition coefficient (Wildman–Crippen LogP) is 3.35. The molecule has 8 nitrogen and oxygen atoms in total. The molecule has 0 radical (unpaired) electrons. The maximum Gasteiger partial charge on any atom is 0.255 e. The van der Waals surface area contributed by atoms with Crippen LogP contribution in [0.4, 0.5) is 0 Å². The Morgan fingerprint density at radius 2 is 1.90 bits per heavy atom. The second kappa shape index (κ2) is 9.36. The number of aromatic nitrogens is 4. The lowest BCUT2D eigenvalue weighted by Crippen LogP contribution is -2.23. The summed E-state index contributed by atoms with van der Waals surface area (Å²) in [7, 11) is 1.61. The van der Waals surface area contributed by atoms with Crippen LogP contribution < -0.4 is 5.32 Å². The third kappa shape index (κ3) is 4.87. The molecular weight excluding hydrogens is 394 g/mol. The van der Waals surface area contributed by atoms with Crippen LogP contribution in [0.25, 0.3) is 16.9 Å². The van der Waals surface area contributed by atoms with Gasteiger partial charge in [0.25, 0.3) is 5.91 Å². The first-order valence-electron chi connectivity index (χ1n) is 9.95. The van der Waals surface area contributed by atoms with Crippen molar-refractivity contribution in [1.29, 1.82) is 0 Å². The molecule has 2 heterocycles. The van der Waals surface area contributed by atoms with Gasteiger partial charge in [-0.3, -0.25) is 4.79 Å². The Balaban J connectivity index is 1.57. The van der Waals surface area contributed by atoms with E-state index in [1.54, 1.807) is 18.0 Å². The number of hydrogen-bond acceptors (Lipinski definition) is 6. The normalized spacial score (nSPS) is 10.9. The number of ether oxygens (including phenoxy) is 1. The zero-order valence-corrected chi connectivity index (χ0v) is 17.4. The average molecular weight is 417 g/mol. The van der Waals surface area contributed by atoms with Gasteiger partial charge < -0.3 is 14.6 Å². The summed E-state index contributed by atoms with van der Waals surface area (Å²) in [5.41, 5.74) is 3.97. The van der Waals surface area contributed by atoms with Crippen LogP contribution in [0.3, 0.4) is 0 Å². The van der Waals surface area contributed by atoms with Crippen molar-refractivity contribution in [1.82, 2.24) is 25.2 Å². The number of nitrogens with zero attached hydrogens (tertiary/aromatic N) is 4. The second-order valence-electron chi connectivity index (χ2n) is 7.07. The largest absolute Gasteiger partial charge is 0.384 e. The summed E-state index contributed by atoms with van der Waals surface area (Å²) < 4.78 is 11.9. The molecular formula is C23H23N5O3. The van der Waals surface area contributed by atoms with Gasteiger partial charge in [0.05, 0.1) is 30.8 Å². The SMILES string of the molecule is COCCc1nc(CNC(=O)c2cn(-c3ccc(C)cc3)nc2-c2ccccc2)no1. The molecule has 0 bridgehead atoms. The van der Waals surface area contributed by atoms with Gasteiger partial charge in [-0.25, -0.2) is 4.68 Å². The molecule has 4 rings (SSSR count). The Bertz CT molecular complexity index is 1150. The van der Waals surface area contributed by atoms with Crippen molar-refractivity contribution in [2.24, 2.45) is 0 Å². The van der Waals surface area contributed by atoms with Crippen molar-refractivity contribution >= 4 is 5.91 Å². The van der Waals surface area contributed by atoms with E-state index in [0.717, 1.165) is 16.8 Å². The lowest BCUT2D eigenvalue weighted by molar-refractivity contribution is 0.0950. The number of benzene rings is 2. The molecule has 4 aromatic rings. The lowest BCUT2D eigenvalue weighted by atomic mass is 10.1. The molecule has 0 aliphatic heterocycles. The van der Waals surface area contributed by atoms with Crippen molar-refractivity contribution in [2.75, 3.05) is 13.7 Å². The highest BCUT2D eigenvalue weighted by Crippen LogP contribution is 2.24. The molecule has 2 aromatic heterocycles. The van der Waals surface area contributed by atoms with E-state index in [4.69, 9.17) is 9.26 Å². The van der Waals surface area contributed by atoms with Gasteiger partial charge in [0, 0.05) is 18.9 Å². The molecule has 0 saturated carbocycles. The Morgan fingerprint density at radius 3 is 2.65 bits per heavy atom. The van der Waals surface area contributed by atoms with Gasteiger partial charge in [-0.15, -0.1) is 0 Å². The number of rotatable bonds is 8. The van der Waals surface area contributed by atoms with E-state index in [-0.39, 0.29) is 12.5 Å². The highest BCUT2D eigenvalue weighted by Gasteiger charge is 2.19. The van der Waals surface area contributed by atoms with Crippen LogP contribution >= 0.6 is 0 Å². The summed E-state index contributed by atoms with van der Waals surface area (Å²) in [5, 5.41) is 11.4. The van der Waals surface area contributed by atoms with Crippen LogP contribution in [0, 0.1) is 6.92 Å². The highest BCUT2D eigenvalue weighted by atomic mass is 16.5. The molecule has 0 atom stereocenters. The number of nitrogens with one attached hydrogen (secondary N) is 1. The molecule has 0 unspecified atom stereocenters. The molecule has 0 saturated heterocycles. The average Bonchev–Trinajstić information content (AvgIpc) is 3.45. The van der Waals surface area contributed by atoms with E-state index in [2.05, 4.69) is 20.6 Å². The summed E-state index contributed by atoms with van der Waals surface area (Å²) in [4.78, 5) is 17.3. The molecule has 0 spiro atoms. The molecule has 1 N–H and O–H groups in total. The molecule has 0 aliphatic rings. The summed E-state index contributed by atoms with van der Waals surface area (Å²) in [6, 6.07) is 17.6. The molecule has 158 valence electrons. The summed E-state index contributed by atoms with van der Waals surface area (Å²) in [5.74, 6) is 0.621. The maximum absolute atomic E-state index is 13.0. The number of amides is 1. The number of aryl methyl sites for hydroxylation is 1. The first-order chi connectivity index (χ1) is 15.1. The first kappa shape index (κ1) is 20.5. The van der Waals surface area contributed by atoms with Crippen LogP contribution in [-0.4, -0.2) is 39.5 Å². The van der Waals surface area contributed by atoms with Gasteiger partial charge in [0.15, 0.2) is 5.82 Å². The van der Waals surface area contributed by atoms with Gasteiger partial charge in [0.2, 0.25) is 5.89 Å². The Kier molecular flexibility index (Phi) is 6.18. The van der Waals surface area contributed by atoms with Crippen molar-refractivity contribution in [2.45, 2.75) is 19.9 Å². The van der Waals surface area contributed by atoms with Crippen LogP contribution in [0.5, 0.6) is 0 Å². The minimum Gasteiger partial charge on any atom is -0.384 e. The highest BCUT2D eigenvalue weighted by molar-refractivity contribution is 5.99. The van der Waals surface area contributed by atoms with Gasteiger partial charge in [-0.05, 0) is 19.1 Å². The van der Waals surface area contributed by atoms with Crippen molar-refractivity contribution in [3.63, 3.8) is 0 Å². The van der Waals surface area contributed by atoms with E-state index in [9.17, 15) is 4.79 Å². The fraction of sp³-hybridized carbons (Fsp3) is 0.217. The van der Waals surface area contributed by atoms with Crippen LogP contribution in [-0.2, 0) is 17.7 Å². The van der Waals surface area contributed by atoms with Crippen LogP contribution in [0.2, 0.25) is 0 Å². The number of carbonyl (C=O) groups excluding carboxylic acids is 1. The maximum atomic E-state index is 13.0. The zero-order chi connectivity index (χ0) is 21.6. The minimum atomic E-state index is -0.263. The van der Waals surface area contributed by atoms with Crippen molar-refractivity contribution < 1.29 is 14.1 Å². The smallest absolute Gasteiger partial charge is 0.255 e. The quantitative estimate of drug-likeness (QED) is 0.472. The number of methoxy groups -OCH3 is 1. The Morgan fingerprint density at radius 1 is 1.13 bits per heavy atom. The second-order valence-corrected chi connectivity index (χ2v) is 7.07. The van der Waals surface area contributed by atoms with E-state index in [1.165, 1.54) is 0 Å². The first-order valence-corrected chi connectivity index (χ1v) is 9.95. The fourth-order valence-corrected chi connectivity index (χ4v) is 3.09. The van der Waals surface area contributed by atoms with E-state index in [1.807, 2.05) is 61.5 Å². The topological polar surface area (TPSA) is 95.1 Å².